The second-order valence-electron chi connectivity index (χ2n) is 3.47. The Bertz CT molecular complexity index is 438. The van der Waals surface area contributed by atoms with E-state index in [1.165, 1.54) is 0 Å². The van der Waals surface area contributed by atoms with Gasteiger partial charge in [0.1, 0.15) is 11.5 Å². The minimum Gasteiger partial charge on any atom is -0.406 e. The molecule has 3 nitrogen and oxygen atoms in total. The molecule has 1 N–H and O–H groups in total. The molecule has 0 saturated heterocycles. The maximum Gasteiger partial charge on any atom is 0.573 e. The number of benzene rings is 1. The summed E-state index contributed by atoms with van der Waals surface area (Å²) in [5, 5.41) is 9.24. The third-order valence-electron chi connectivity index (χ3n) is 1.89. The topological polar surface area (TPSA) is 38.7 Å². The summed E-state index contributed by atoms with van der Waals surface area (Å²) in [5.41, 5.74) is -0.473. The Balaban J connectivity index is 3.08. The van der Waals surface area contributed by atoms with Gasteiger partial charge < -0.3 is 14.6 Å². The zero-order valence-electron chi connectivity index (χ0n) is 9.34. The summed E-state index contributed by atoms with van der Waals surface area (Å²) in [6.45, 7) is 1.08. The predicted molar refractivity (Wildman–Crippen MR) is 50.4 cm³/mol. The Morgan fingerprint density at radius 3 is 1.95 bits per heavy atom. The van der Waals surface area contributed by atoms with Crippen LogP contribution in [0.2, 0.25) is 0 Å². The van der Waals surface area contributed by atoms with Gasteiger partial charge in [0.15, 0.2) is 0 Å². The fourth-order valence-electron chi connectivity index (χ4n) is 1.27. The smallest absolute Gasteiger partial charge is 0.406 e. The van der Waals surface area contributed by atoms with E-state index >= 15 is 0 Å². The van der Waals surface area contributed by atoms with Crippen molar-refractivity contribution in [2.24, 2.45) is 0 Å². The summed E-state index contributed by atoms with van der Waals surface area (Å²) < 4.78 is 79.1. The van der Waals surface area contributed by atoms with Gasteiger partial charge in [0.05, 0.1) is 6.10 Å². The Morgan fingerprint density at radius 1 is 1.00 bits per heavy atom. The van der Waals surface area contributed by atoms with Gasteiger partial charge in [0.2, 0.25) is 0 Å². The standard InChI is InChI=1S/C10H8F6O3/c1-5(17)7-4-6(18-9(11,12)13)2-3-8(7)19-10(14,15)16/h2-5,17H,1H3. The highest BCUT2D eigenvalue weighted by Crippen LogP contribution is 2.34. The van der Waals surface area contributed by atoms with Crippen LogP contribution in [0.25, 0.3) is 0 Å². The molecule has 0 heterocycles. The van der Waals surface area contributed by atoms with Crippen LogP contribution in [0.1, 0.15) is 18.6 Å². The normalized spacial score (nSPS) is 14.1. The summed E-state index contributed by atoms with van der Waals surface area (Å²) in [7, 11) is 0. The van der Waals surface area contributed by atoms with Crippen molar-refractivity contribution >= 4 is 0 Å². The SMILES string of the molecule is CC(O)c1cc(OC(F)(F)F)ccc1OC(F)(F)F. The van der Waals surface area contributed by atoms with Crippen molar-refractivity contribution in [1.82, 2.24) is 0 Å². The van der Waals surface area contributed by atoms with Crippen molar-refractivity contribution in [3.63, 3.8) is 0 Å². The summed E-state index contributed by atoms with van der Waals surface area (Å²) in [5.74, 6) is -1.55. The molecule has 0 aliphatic heterocycles. The van der Waals surface area contributed by atoms with Crippen LogP contribution in [-0.2, 0) is 0 Å². The summed E-state index contributed by atoms with van der Waals surface area (Å²) in [4.78, 5) is 0. The van der Waals surface area contributed by atoms with Gasteiger partial charge in [0.25, 0.3) is 0 Å². The maximum absolute atomic E-state index is 12.0. The molecule has 108 valence electrons. The Labute approximate surface area is 103 Å². The number of hydrogen-bond donors (Lipinski definition) is 1. The fraction of sp³-hybridized carbons (Fsp3) is 0.400. The maximum atomic E-state index is 12.0. The van der Waals surface area contributed by atoms with Crippen LogP contribution in [0.3, 0.4) is 0 Å². The zero-order chi connectivity index (χ0) is 14.8. The van der Waals surface area contributed by atoms with Crippen molar-refractivity contribution in [2.45, 2.75) is 25.8 Å². The van der Waals surface area contributed by atoms with Gasteiger partial charge in [-0.15, -0.1) is 26.3 Å². The van der Waals surface area contributed by atoms with Crippen molar-refractivity contribution in [3.05, 3.63) is 23.8 Å². The highest BCUT2D eigenvalue weighted by atomic mass is 19.4. The van der Waals surface area contributed by atoms with Gasteiger partial charge in [-0.05, 0) is 25.1 Å². The van der Waals surface area contributed by atoms with E-state index in [4.69, 9.17) is 0 Å². The third-order valence-corrected chi connectivity index (χ3v) is 1.89. The molecular weight excluding hydrogens is 282 g/mol. The van der Waals surface area contributed by atoms with E-state index in [1.807, 2.05) is 0 Å². The van der Waals surface area contributed by atoms with Gasteiger partial charge in [-0.25, -0.2) is 0 Å². The first-order chi connectivity index (χ1) is 8.48. The average molecular weight is 290 g/mol. The van der Waals surface area contributed by atoms with E-state index in [1.54, 1.807) is 0 Å². The van der Waals surface area contributed by atoms with E-state index in [0.29, 0.717) is 18.2 Å². The molecule has 9 heteroatoms. The lowest BCUT2D eigenvalue weighted by atomic mass is 10.1. The number of rotatable bonds is 3. The molecule has 1 unspecified atom stereocenters. The van der Waals surface area contributed by atoms with Crippen LogP contribution >= 0.6 is 0 Å². The second kappa shape index (κ2) is 5.16. The number of halogens is 6. The minimum absolute atomic E-state index is 0.473. The molecule has 0 amide bonds. The minimum atomic E-state index is -5.02. The van der Waals surface area contributed by atoms with Crippen LogP contribution in [0.5, 0.6) is 11.5 Å². The number of alkyl halides is 6. The lowest BCUT2D eigenvalue weighted by Crippen LogP contribution is -2.19. The predicted octanol–water partition coefficient (Wildman–Crippen LogP) is 3.54. The van der Waals surface area contributed by atoms with Gasteiger partial charge in [0, 0.05) is 5.56 Å². The van der Waals surface area contributed by atoms with Crippen molar-refractivity contribution in [1.29, 1.82) is 0 Å². The number of hydrogen-bond acceptors (Lipinski definition) is 3. The van der Waals surface area contributed by atoms with Crippen LogP contribution in [0.15, 0.2) is 18.2 Å². The fourth-order valence-corrected chi connectivity index (χ4v) is 1.27. The van der Waals surface area contributed by atoms with Crippen molar-refractivity contribution < 1.29 is 40.9 Å². The Morgan fingerprint density at radius 2 is 1.53 bits per heavy atom. The van der Waals surface area contributed by atoms with E-state index in [2.05, 4.69) is 9.47 Å². The highest BCUT2D eigenvalue weighted by Gasteiger charge is 2.34. The molecular formula is C10H8F6O3. The first kappa shape index (κ1) is 15.4. The van der Waals surface area contributed by atoms with Crippen molar-refractivity contribution in [3.8, 4) is 11.5 Å². The molecule has 1 aromatic rings. The third kappa shape index (κ3) is 5.25. The molecule has 1 aromatic carbocycles. The molecule has 0 radical (unpaired) electrons. The molecule has 0 saturated carbocycles. The molecule has 0 spiro atoms. The number of aliphatic hydroxyl groups excluding tert-OH is 1. The Hall–Kier alpha value is -1.64. The number of ether oxygens (including phenoxy) is 2. The Kier molecular flexibility index (Phi) is 4.18. The van der Waals surface area contributed by atoms with Gasteiger partial charge >= 0.3 is 12.7 Å². The first-order valence-corrected chi connectivity index (χ1v) is 4.81. The lowest BCUT2D eigenvalue weighted by molar-refractivity contribution is -0.277. The highest BCUT2D eigenvalue weighted by molar-refractivity contribution is 5.41. The number of aliphatic hydroxyl groups is 1. The first-order valence-electron chi connectivity index (χ1n) is 4.81. The van der Waals surface area contributed by atoms with Crippen molar-refractivity contribution in [2.75, 3.05) is 0 Å². The van der Waals surface area contributed by atoms with Crippen LogP contribution in [0, 0.1) is 0 Å². The van der Waals surface area contributed by atoms with E-state index in [-0.39, 0.29) is 0 Å². The molecule has 19 heavy (non-hydrogen) atoms. The molecule has 0 aliphatic rings. The molecule has 0 aliphatic carbocycles. The lowest BCUT2D eigenvalue weighted by Gasteiger charge is -2.17. The molecule has 0 bridgehead atoms. The quantitative estimate of drug-likeness (QED) is 0.865. The average Bonchev–Trinajstić information content (AvgIpc) is 2.15. The molecule has 1 rings (SSSR count). The van der Waals surface area contributed by atoms with Gasteiger partial charge in [-0.1, -0.05) is 0 Å². The van der Waals surface area contributed by atoms with Crippen LogP contribution < -0.4 is 9.47 Å². The summed E-state index contributed by atoms with van der Waals surface area (Å²) in [6.07, 6.45) is -11.5. The second-order valence-corrected chi connectivity index (χ2v) is 3.47. The van der Waals surface area contributed by atoms with Crippen LogP contribution in [0.4, 0.5) is 26.3 Å². The van der Waals surface area contributed by atoms with Crippen LogP contribution in [-0.4, -0.2) is 17.8 Å². The summed E-state index contributed by atoms with van der Waals surface area (Å²) >= 11 is 0. The van der Waals surface area contributed by atoms with Gasteiger partial charge in [-0.3, -0.25) is 0 Å². The molecule has 0 fully saturated rings. The molecule has 0 aromatic heterocycles. The largest absolute Gasteiger partial charge is 0.573 e. The van der Waals surface area contributed by atoms with E-state index in [9.17, 15) is 31.4 Å². The zero-order valence-corrected chi connectivity index (χ0v) is 9.34. The summed E-state index contributed by atoms with van der Waals surface area (Å²) in [6, 6.07) is 1.91. The van der Waals surface area contributed by atoms with E-state index in [0.717, 1.165) is 6.92 Å². The molecule has 1 atom stereocenters. The monoisotopic (exact) mass is 290 g/mol. The van der Waals surface area contributed by atoms with E-state index < -0.39 is 35.9 Å². The van der Waals surface area contributed by atoms with Gasteiger partial charge in [-0.2, -0.15) is 0 Å².